The summed E-state index contributed by atoms with van der Waals surface area (Å²) in [6.45, 7) is -0.00263. The highest BCUT2D eigenvalue weighted by Crippen LogP contribution is 2.27. The summed E-state index contributed by atoms with van der Waals surface area (Å²) < 4.78 is 33.0. The number of nitriles is 1. The molecule has 0 aliphatic heterocycles. The number of hydrogen-bond acceptors (Lipinski definition) is 5. The summed E-state index contributed by atoms with van der Waals surface area (Å²) in [4.78, 5) is 18.7. The number of halogens is 2. The van der Waals surface area contributed by atoms with Crippen molar-refractivity contribution in [2.45, 2.75) is 11.8 Å². The van der Waals surface area contributed by atoms with Crippen molar-refractivity contribution < 1.29 is 13.5 Å². The maximum absolute atomic E-state index is 14.4. The molecule has 5 nitrogen and oxygen atoms in total. The third-order valence-corrected chi connectivity index (χ3v) is 4.27. The highest BCUT2D eigenvalue weighted by atomic mass is 32.2. The fourth-order valence-electron chi connectivity index (χ4n) is 2.41. The molecule has 0 saturated heterocycles. The van der Waals surface area contributed by atoms with Crippen molar-refractivity contribution in [2.75, 3.05) is 6.26 Å². The second kappa shape index (κ2) is 8.01. The Morgan fingerprint density at radius 3 is 2.74 bits per heavy atom. The Morgan fingerprint density at radius 2 is 2.07 bits per heavy atom. The SMILES string of the molecule is CSc1nc(-c2ccc(OCc3cccc(F)c3)c(F)c2)c(C#N)c(=O)[nH]1. The second-order valence-corrected chi connectivity index (χ2v) is 6.27. The number of H-pyrrole nitrogens is 1. The second-order valence-electron chi connectivity index (χ2n) is 5.47. The molecule has 27 heavy (non-hydrogen) atoms. The van der Waals surface area contributed by atoms with E-state index in [0.29, 0.717) is 10.7 Å². The number of thioether (sulfide) groups is 1. The van der Waals surface area contributed by atoms with Crippen LogP contribution in [0.3, 0.4) is 0 Å². The van der Waals surface area contributed by atoms with Crippen LogP contribution >= 0.6 is 11.8 Å². The van der Waals surface area contributed by atoms with Gasteiger partial charge >= 0.3 is 0 Å². The average Bonchev–Trinajstić information content (AvgIpc) is 2.66. The van der Waals surface area contributed by atoms with Crippen LogP contribution in [0.5, 0.6) is 5.75 Å². The van der Waals surface area contributed by atoms with Gasteiger partial charge in [-0.2, -0.15) is 5.26 Å². The molecular weight excluding hydrogens is 372 g/mol. The van der Waals surface area contributed by atoms with Crippen LogP contribution < -0.4 is 10.3 Å². The van der Waals surface area contributed by atoms with Crippen LogP contribution in [0.4, 0.5) is 8.78 Å². The maximum atomic E-state index is 14.4. The molecule has 0 unspecified atom stereocenters. The van der Waals surface area contributed by atoms with Crippen LogP contribution in [0.25, 0.3) is 11.3 Å². The summed E-state index contributed by atoms with van der Waals surface area (Å²) in [5, 5.41) is 9.54. The summed E-state index contributed by atoms with van der Waals surface area (Å²) >= 11 is 1.20. The molecule has 1 aromatic heterocycles. The van der Waals surface area contributed by atoms with Crippen LogP contribution in [0, 0.1) is 23.0 Å². The first-order valence-electron chi connectivity index (χ1n) is 7.77. The molecule has 3 rings (SSSR count). The topological polar surface area (TPSA) is 78.8 Å². The van der Waals surface area contributed by atoms with Gasteiger partial charge in [-0.15, -0.1) is 0 Å². The van der Waals surface area contributed by atoms with E-state index in [2.05, 4.69) is 9.97 Å². The fraction of sp³-hybridized carbons (Fsp3) is 0.105. The van der Waals surface area contributed by atoms with Crippen molar-refractivity contribution in [3.05, 3.63) is 75.6 Å². The van der Waals surface area contributed by atoms with Gasteiger partial charge in [0.15, 0.2) is 16.7 Å². The van der Waals surface area contributed by atoms with Gasteiger partial charge in [0, 0.05) is 5.56 Å². The van der Waals surface area contributed by atoms with Gasteiger partial charge in [-0.1, -0.05) is 23.9 Å². The van der Waals surface area contributed by atoms with Gasteiger partial charge in [0.1, 0.15) is 24.1 Å². The van der Waals surface area contributed by atoms with E-state index in [0.717, 1.165) is 6.07 Å². The van der Waals surface area contributed by atoms with E-state index < -0.39 is 17.2 Å². The number of aromatic nitrogens is 2. The lowest BCUT2D eigenvalue weighted by molar-refractivity contribution is 0.290. The van der Waals surface area contributed by atoms with Crippen molar-refractivity contribution in [1.29, 1.82) is 5.26 Å². The average molecular weight is 385 g/mol. The minimum absolute atomic E-state index is 0.00263. The first kappa shape index (κ1) is 18.6. The monoisotopic (exact) mass is 385 g/mol. The summed E-state index contributed by atoms with van der Waals surface area (Å²) in [7, 11) is 0. The third kappa shape index (κ3) is 4.15. The first-order chi connectivity index (χ1) is 13.0. The Hall–Kier alpha value is -3.18. The molecule has 0 aliphatic rings. The number of ether oxygens (including phenoxy) is 1. The van der Waals surface area contributed by atoms with Gasteiger partial charge in [0.05, 0.1) is 5.69 Å². The molecule has 0 atom stereocenters. The molecular formula is C19H13F2N3O2S. The lowest BCUT2D eigenvalue weighted by atomic mass is 10.1. The van der Waals surface area contributed by atoms with Crippen LogP contribution in [0.15, 0.2) is 52.4 Å². The van der Waals surface area contributed by atoms with Gasteiger partial charge in [-0.25, -0.2) is 13.8 Å². The minimum Gasteiger partial charge on any atom is -0.486 e. The number of rotatable bonds is 5. The highest BCUT2D eigenvalue weighted by Gasteiger charge is 2.15. The van der Waals surface area contributed by atoms with Gasteiger partial charge in [0.2, 0.25) is 0 Å². The zero-order valence-corrected chi connectivity index (χ0v) is 14.9. The van der Waals surface area contributed by atoms with E-state index in [-0.39, 0.29) is 29.2 Å². The van der Waals surface area contributed by atoms with Crippen LogP contribution in [0.2, 0.25) is 0 Å². The molecule has 1 heterocycles. The van der Waals surface area contributed by atoms with E-state index in [1.165, 1.54) is 36.0 Å². The molecule has 136 valence electrons. The van der Waals surface area contributed by atoms with E-state index in [1.807, 2.05) is 0 Å². The number of benzene rings is 2. The summed E-state index contributed by atoms with van der Waals surface area (Å²) in [5.74, 6) is -1.11. The zero-order chi connectivity index (χ0) is 19.4. The molecule has 0 aliphatic carbocycles. The number of aromatic amines is 1. The van der Waals surface area contributed by atoms with Gasteiger partial charge in [-0.05, 0) is 42.2 Å². The lowest BCUT2D eigenvalue weighted by Gasteiger charge is -2.10. The van der Waals surface area contributed by atoms with Crippen molar-refractivity contribution >= 4 is 11.8 Å². The number of nitrogens with zero attached hydrogens (tertiary/aromatic N) is 2. The molecule has 0 bridgehead atoms. The van der Waals surface area contributed by atoms with Crippen LogP contribution in [0.1, 0.15) is 11.1 Å². The van der Waals surface area contributed by atoms with Crippen molar-refractivity contribution in [2.24, 2.45) is 0 Å². The van der Waals surface area contributed by atoms with Gasteiger partial charge in [-0.3, -0.25) is 4.79 Å². The van der Waals surface area contributed by atoms with Crippen molar-refractivity contribution in [1.82, 2.24) is 9.97 Å². The first-order valence-corrected chi connectivity index (χ1v) is 9.00. The lowest BCUT2D eigenvalue weighted by Crippen LogP contribution is -2.14. The summed E-state index contributed by atoms with van der Waals surface area (Å²) in [5.41, 5.74) is 0.162. The smallest absolute Gasteiger partial charge is 0.270 e. The van der Waals surface area contributed by atoms with Gasteiger partial charge < -0.3 is 9.72 Å². The Labute approximate surface area is 157 Å². The van der Waals surface area contributed by atoms with Gasteiger partial charge in [0.25, 0.3) is 5.56 Å². The predicted molar refractivity (Wildman–Crippen MR) is 97.5 cm³/mol. The van der Waals surface area contributed by atoms with Crippen LogP contribution in [-0.2, 0) is 6.61 Å². The molecule has 0 amide bonds. The number of hydrogen-bond donors (Lipinski definition) is 1. The number of nitrogens with one attached hydrogen (secondary N) is 1. The van der Waals surface area contributed by atoms with E-state index in [4.69, 9.17) is 4.74 Å². The fourth-order valence-corrected chi connectivity index (χ4v) is 2.79. The summed E-state index contributed by atoms with van der Waals surface area (Å²) in [6.07, 6.45) is 1.72. The molecule has 3 aromatic rings. The third-order valence-electron chi connectivity index (χ3n) is 3.69. The van der Waals surface area contributed by atoms with E-state index >= 15 is 0 Å². The van der Waals surface area contributed by atoms with E-state index in [9.17, 15) is 18.8 Å². The summed E-state index contributed by atoms with van der Waals surface area (Å²) in [6, 6.07) is 11.6. The molecule has 0 saturated carbocycles. The van der Waals surface area contributed by atoms with Crippen molar-refractivity contribution in [3.8, 4) is 23.1 Å². The molecule has 0 radical (unpaired) electrons. The minimum atomic E-state index is -0.680. The largest absolute Gasteiger partial charge is 0.486 e. The highest BCUT2D eigenvalue weighted by molar-refractivity contribution is 7.98. The molecule has 1 N–H and O–H groups in total. The quantitative estimate of drug-likeness (QED) is 0.533. The molecule has 0 fully saturated rings. The maximum Gasteiger partial charge on any atom is 0.270 e. The molecule has 0 spiro atoms. The zero-order valence-electron chi connectivity index (χ0n) is 14.1. The molecule has 2 aromatic carbocycles. The van der Waals surface area contributed by atoms with Crippen molar-refractivity contribution in [3.63, 3.8) is 0 Å². The normalized spacial score (nSPS) is 10.4. The Kier molecular flexibility index (Phi) is 5.52. The standard InChI is InChI=1S/C19H13F2N3O2S/c1-27-19-23-17(14(9-22)18(25)24-19)12-5-6-16(15(21)8-12)26-10-11-3-2-4-13(20)7-11/h2-8H,10H2,1H3,(H,23,24,25). The Balaban J connectivity index is 1.90. The van der Waals surface area contributed by atoms with E-state index in [1.54, 1.807) is 24.5 Å². The predicted octanol–water partition coefficient (Wildman–Crippen LogP) is 3.89. The Bertz CT molecular complexity index is 1090. The Morgan fingerprint density at radius 1 is 1.26 bits per heavy atom. The van der Waals surface area contributed by atoms with Crippen LogP contribution in [-0.4, -0.2) is 16.2 Å². The molecule has 8 heteroatoms.